The summed E-state index contributed by atoms with van der Waals surface area (Å²) < 4.78 is 12.6. The van der Waals surface area contributed by atoms with Crippen LogP contribution in [-0.4, -0.2) is 31.5 Å². The maximum absolute atomic E-state index is 6.42. The number of hydrogen-bond acceptors (Lipinski definition) is 4. The Kier molecular flexibility index (Phi) is 5.21. The molecular weight excluding hydrogens is 314 g/mol. The van der Waals surface area contributed by atoms with Gasteiger partial charge in [-0.25, -0.2) is 0 Å². The molecule has 1 aromatic rings. The molecule has 1 saturated heterocycles. The highest BCUT2D eigenvalue weighted by Crippen LogP contribution is 2.31. The maximum Gasteiger partial charge on any atom is 0.0879 e. The van der Waals surface area contributed by atoms with Crippen molar-refractivity contribution in [3.8, 4) is 0 Å². The van der Waals surface area contributed by atoms with Crippen molar-refractivity contribution < 1.29 is 9.47 Å². The van der Waals surface area contributed by atoms with Gasteiger partial charge in [-0.15, -0.1) is 11.3 Å². The summed E-state index contributed by atoms with van der Waals surface area (Å²) in [5.74, 6) is 0. The highest BCUT2D eigenvalue weighted by Gasteiger charge is 2.39. The second-order valence-corrected chi connectivity index (χ2v) is 7.17. The van der Waals surface area contributed by atoms with E-state index in [2.05, 4.69) is 28.1 Å². The van der Waals surface area contributed by atoms with Crippen molar-refractivity contribution in [3.05, 3.63) is 20.8 Å². The fourth-order valence-corrected chi connectivity index (χ4v) is 4.03. The lowest BCUT2D eigenvalue weighted by Crippen LogP contribution is -2.54. The molecule has 0 spiro atoms. The van der Waals surface area contributed by atoms with Crippen molar-refractivity contribution in [2.75, 3.05) is 19.8 Å². The van der Waals surface area contributed by atoms with Crippen LogP contribution in [0.1, 0.15) is 24.6 Å². The first-order valence-electron chi connectivity index (χ1n) is 6.38. The minimum Gasteiger partial charge on any atom is -0.381 e. The number of ether oxygens (including phenoxy) is 2. The van der Waals surface area contributed by atoms with Crippen LogP contribution in [0.5, 0.6) is 0 Å². The Bertz CT molecular complexity index is 371. The van der Waals surface area contributed by atoms with Crippen LogP contribution in [0, 0.1) is 0 Å². The molecule has 0 saturated carbocycles. The van der Waals surface area contributed by atoms with Crippen LogP contribution in [0.25, 0.3) is 0 Å². The SMILES string of the molecule is CCOC1(C(N)Cc2ccc(Br)s2)CCOCC1. The van der Waals surface area contributed by atoms with E-state index in [0.29, 0.717) is 6.61 Å². The van der Waals surface area contributed by atoms with Gasteiger partial charge in [0.25, 0.3) is 0 Å². The number of hydrogen-bond donors (Lipinski definition) is 1. The van der Waals surface area contributed by atoms with Crippen LogP contribution in [0.2, 0.25) is 0 Å². The molecule has 1 aromatic heterocycles. The van der Waals surface area contributed by atoms with Gasteiger partial charge >= 0.3 is 0 Å². The van der Waals surface area contributed by atoms with E-state index in [-0.39, 0.29) is 11.6 Å². The number of rotatable bonds is 5. The lowest BCUT2D eigenvalue weighted by Gasteiger charge is -2.41. The van der Waals surface area contributed by atoms with Gasteiger partial charge in [-0.1, -0.05) is 0 Å². The van der Waals surface area contributed by atoms with E-state index in [4.69, 9.17) is 15.2 Å². The summed E-state index contributed by atoms with van der Waals surface area (Å²) in [5, 5.41) is 0. The van der Waals surface area contributed by atoms with Gasteiger partial charge in [0.15, 0.2) is 0 Å². The molecule has 1 aliphatic heterocycles. The number of halogens is 1. The topological polar surface area (TPSA) is 44.5 Å². The van der Waals surface area contributed by atoms with Crippen molar-refractivity contribution in [1.29, 1.82) is 0 Å². The van der Waals surface area contributed by atoms with E-state index >= 15 is 0 Å². The summed E-state index contributed by atoms with van der Waals surface area (Å²) in [4.78, 5) is 1.31. The van der Waals surface area contributed by atoms with Gasteiger partial charge in [0.2, 0.25) is 0 Å². The van der Waals surface area contributed by atoms with E-state index in [1.807, 2.05) is 6.92 Å². The average molecular weight is 334 g/mol. The van der Waals surface area contributed by atoms with E-state index in [1.54, 1.807) is 11.3 Å². The summed E-state index contributed by atoms with van der Waals surface area (Å²) in [6, 6.07) is 4.24. The highest BCUT2D eigenvalue weighted by atomic mass is 79.9. The summed E-state index contributed by atoms with van der Waals surface area (Å²) >= 11 is 5.24. The van der Waals surface area contributed by atoms with Crippen LogP contribution < -0.4 is 5.73 Å². The molecule has 18 heavy (non-hydrogen) atoms. The Morgan fingerprint density at radius 1 is 1.50 bits per heavy atom. The molecule has 1 atom stereocenters. The Morgan fingerprint density at radius 2 is 2.22 bits per heavy atom. The minimum absolute atomic E-state index is 0.0342. The van der Waals surface area contributed by atoms with Gasteiger partial charge in [-0.05, 0) is 41.4 Å². The van der Waals surface area contributed by atoms with E-state index in [1.165, 1.54) is 4.88 Å². The number of thiophene rings is 1. The van der Waals surface area contributed by atoms with Crippen LogP contribution in [0.4, 0.5) is 0 Å². The Hall–Kier alpha value is 0.0600. The normalized spacial score (nSPS) is 20.8. The first-order chi connectivity index (χ1) is 8.66. The molecule has 0 radical (unpaired) electrons. The largest absolute Gasteiger partial charge is 0.381 e. The molecule has 1 unspecified atom stereocenters. The molecule has 2 heterocycles. The van der Waals surface area contributed by atoms with Crippen molar-refractivity contribution in [2.24, 2.45) is 5.73 Å². The summed E-state index contributed by atoms with van der Waals surface area (Å²) in [6.07, 6.45) is 2.67. The molecule has 0 aliphatic carbocycles. The lowest BCUT2D eigenvalue weighted by molar-refractivity contribution is -0.120. The third-order valence-electron chi connectivity index (χ3n) is 3.50. The molecule has 2 N–H and O–H groups in total. The van der Waals surface area contributed by atoms with Gasteiger partial charge in [0.05, 0.1) is 9.39 Å². The Labute approximate surface area is 121 Å². The third-order valence-corrected chi connectivity index (χ3v) is 5.14. The van der Waals surface area contributed by atoms with Crippen LogP contribution >= 0.6 is 27.3 Å². The molecular formula is C13H20BrNO2S. The standard InChI is InChI=1S/C13H20BrNO2S/c1-2-17-13(5-7-16-8-6-13)11(15)9-10-3-4-12(14)18-10/h3-4,11H,2,5-9,15H2,1H3. The van der Waals surface area contributed by atoms with Gasteiger partial charge < -0.3 is 15.2 Å². The monoisotopic (exact) mass is 333 g/mol. The molecule has 102 valence electrons. The fourth-order valence-electron chi connectivity index (χ4n) is 2.49. The van der Waals surface area contributed by atoms with E-state index < -0.39 is 0 Å². The van der Waals surface area contributed by atoms with Crippen molar-refractivity contribution in [3.63, 3.8) is 0 Å². The van der Waals surface area contributed by atoms with Gasteiger partial charge in [0.1, 0.15) is 0 Å². The summed E-state index contributed by atoms with van der Waals surface area (Å²) in [5.41, 5.74) is 6.22. The van der Waals surface area contributed by atoms with Crippen LogP contribution in [0.15, 0.2) is 15.9 Å². The van der Waals surface area contributed by atoms with Crippen molar-refractivity contribution in [2.45, 2.75) is 37.8 Å². The molecule has 0 amide bonds. The van der Waals surface area contributed by atoms with E-state index in [0.717, 1.165) is 36.3 Å². The second kappa shape index (κ2) is 6.48. The zero-order valence-electron chi connectivity index (χ0n) is 10.7. The molecule has 2 rings (SSSR count). The predicted octanol–water partition coefficient (Wildman–Crippen LogP) is 2.97. The smallest absolute Gasteiger partial charge is 0.0879 e. The molecule has 1 aliphatic rings. The zero-order valence-corrected chi connectivity index (χ0v) is 13.1. The molecule has 5 heteroatoms. The van der Waals surface area contributed by atoms with Crippen molar-refractivity contribution >= 4 is 27.3 Å². The maximum atomic E-state index is 6.42. The second-order valence-electron chi connectivity index (χ2n) is 4.63. The van der Waals surface area contributed by atoms with Crippen molar-refractivity contribution in [1.82, 2.24) is 0 Å². The first-order valence-corrected chi connectivity index (χ1v) is 7.99. The van der Waals surface area contributed by atoms with Gasteiger partial charge in [0, 0.05) is 43.6 Å². The highest BCUT2D eigenvalue weighted by molar-refractivity contribution is 9.11. The molecule has 0 aromatic carbocycles. The van der Waals surface area contributed by atoms with Gasteiger partial charge in [-0.3, -0.25) is 0 Å². The molecule has 1 fully saturated rings. The zero-order chi connectivity index (χ0) is 13.0. The van der Waals surface area contributed by atoms with E-state index in [9.17, 15) is 0 Å². The minimum atomic E-state index is -0.205. The molecule has 0 bridgehead atoms. The summed E-state index contributed by atoms with van der Waals surface area (Å²) in [7, 11) is 0. The Balaban J connectivity index is 2.05. The first kappa shape index (κ1) is 14.5. The quantitative estimate of drug-likeness (QED) is 0.900. The number of nitrogens with two attached hydrogens (primary N) is 1. The van der Waals surface area contributed by atoms with Gasteiger partial charge in [-0.2, -0.15) is 0 Å². The van der Waals surface area contributed by atoms with Crippen LogP contribution in [0.3, 0.4) is 0 Å². The van der Waals surface area contributed by atoms with Crippen LogP contribution in [-0.2, 0) is 15.9 Å². The molecule has 3 nitrogen and oxygen atoms in total. The fraction of sp³-hybridized carbons (Fsp3) is 0.692. The lowest BCUT2D eigenvalue weighted by atomic mass is 9.84. The summed E-state index contributed by atoms with van der Waals surface area (Å²) in [6.45, 7) is 4.25. The average Bonchev–Trinajstić information content (AvgIpc) is 2.76. The predicted molar refractivity (Wildman–Crippen MR) is 78.1 cm³/mol. The third kappa shape index (κ3) is 3.33. The Morgan fingerprint density at radius 3 is 2.78 bits per heavy atom.